The third-order valence-electron chi connectivity index (χ3n) is 9.88. The van der Waals surface area contributed by atoms with Gasteiger partial charge in [0.2, 0.25) is 0 Å². The van der Waals surface area contributed by atoms with Crippen LogP contribution in [0.3, 0.4) is 0 Å². The average Bonchev–Trinajstić information content (AvgIpc) is 3.51. The van der Waals surface area contributed by atoms with Gasteiger partial charge in [-0.2, -0.15) is 9.97 Å². The molecule has 10 heteroatoms. The van der Waals surface area contributed by atoms with Crippen LogP contribution in [-0.2, 0) is 0 Å². The first kappa shape index (κ1) is 25.9. The first-order valence-electron chi connectivity index (χ1n) is 14.9. The molecule has 3 aromatic rings. The van der Waals surface area contributed by atoms with Crippen LogP contribution in [0.15, 0.2) is 24.3 Å². The van der Waals surface area contributed by atoms with Gasteiger partial charge in [0, 0.05) is 54.1 Å². The summed E-state index contributed by atoms with van der Waals surface area (Å²) in [7, 11) is 0. The fourth-order valence-electron chi connectivity index (χ4n) is 7.86. The molecule has 0 amide bonds. The van der Waals surface area contributed by atoms with Gasteiger partial charge in [-0.1, -0.05) is 11.6 Å². The molecule has 2 N–H and O–H groups in total. The summed E-state index contributed by atoms with van der Waals surface area (Å²) < 4.78 is 36.7. The van der Waals surface area contributed by atoms with Gasteiger partial charge in [0.25, 0.3) is 0 Å². The lowest BCUT2D eigenvalue weighted by Crippen LogP contribution is -2.51. The summed E-state index contributed by atoms with van der Waals surface area (Å²) in [6.45, 7) is 3.22. The molecule has 0 radical (unpaired) electrons. The molecule has 0 unspecified atom stereocenters. The lowest BCUT2D eigenvalue weighted by molar-refractivity contribution is 0.107. The highest BCUT2D eigenvalue weighted by atomic mass is 35.5. The maximum atomic E-state index is 16.0. The molecule has 2 aromatic carbocycles. The van der Waals surface area contributed by atoms with Gasteiger partial charge in [0.05, 0.1) is 11.1 Å². The topological polar surface area (TPSA) is 73.8 Å². The van der Waals surface area contributed by atoms with E-state index in [9.17, 15) is 9.50 Å². The monoisotopic (exact) mass is 581 g/mol. The second kappa shape index (κ2) is 9.64. The number of rotatable bonds is 6. The molecule has 1 aliphatic carbocycles. The second-order valence-electron chi connectivity index (χ2n) is 12.7. The minimum Gasteiger partial charge on any atom is -0.508 e. The maximum absolute atomic E-state index is 16.0. The van der Waals surface area contributed by atoms with E-state index in [-0.39, 0.29) is 23.2 Å². The lowest BCUT2D eigenvalue weighted by atomic mass is 9.94. The number of halogens is 3. The fourth-order valence-corrected chi connectivity index (χ4v) is 8.22. The van der Waals surface area contributed by atoms with Crippen LogP contribution in [0.1, 0.15) is 56.4 Å². The quantitative estimate of drug-likeness (QED) is 0.394. The molecule has 1 saturated carbocycles. The summed E-state index contributed by atoms with van der Waals surface area (Å²) in [6.07, 6.45) is 5.74. The smallest absolute Gasteiger partial charge is 0.319 e. The Morgan fingerprint density at radius 3 is 2.63 bits per heavy atom. The largest absolute Gasteiger partial charge is 0.508 e. The average molecular weight is 582 g/mol. The van der Waals surface area contributed by atoms with Crippen molar-refractivity contribution in [1.29, 1.82) is 0 Å². The molecule has 0 spiro atoms. The van der Waals surface area contributed by atoms with Gasteiger partial charge in [-0.3, -0.25) is 4.90 Å². The number of alkyl halides is 1. The number of phenols is 1. The first-order chi connectivity index (χ1) is 19.8. The van der Waals surface area contributed by atoms with Crippen LogP contribution in [-0.4, -0.2) is 76.6 Å². The third-order valence-corrected chi connectivity index (χ3v) is 10.2. The highest BCUT2D eigenvalue weighted by Gasteiger charge is 2.49. The van der Waals surface area contributed by atoms with Crippen molar-refractivity contribution >= 4 is 28.3 Å². The normalized spacial score (nSPS) is 29.4. The number of nitrogens with one attached hydrogen (secondary N) is 1. The Morgan fingerprint density at radius 1 is 1.05 bits per heavy atom. The van der Waals surface area contributed by atoms with Crippen molar-refractivity contribution in [2.75, 3.05) is 37.7 Å². The Balaban J connectivity index is 1.23. The number of ether oxygens (including phenoxy) is 1. The summed E-state index contributed by atoms with van der Waals surface area (Å²) >= 11 is 6.56. The molecule has 4 atom stereocenters. The maximum Gasteiger partial charge on any atom is 0.319 e. The van der Waals surface area contributed by atoms with E-state index >= 15 is 4.39 Å². The van der Waals surface area contributed by atoms with Crippen molar-refractivity contribution in [1.82, 2.24) is 20.2 Å². The van der Waals surface area contributed by atoms with E-state index < -0.39 is 12.0 Å². The zero-order chi connectivity index (χ0) is 27.9. The van der Waals surface area contributed by atoms with E-state index in [0.717, 1.165) is 63.7 Å². The number of piperazine rings is 1. The van der Waals surface area contributed by atoms with Crippen LogP contribution in [0.2, 0.25) is 5.02 Å². The van der Waals surface area contributed by atoms with Gasteiger partial charge in [0.1, 0.15) is 30.2 Å². The van der Waals surface area contributed by atoms with Gasteiger partial charge in [-0.25, -0.2) is 8.78 Å². The highest BCUT2D eigenvalue weighted by molar-refractivity contribution is 6.32. The number of nitrogens with zero attached hydrogens (tertiary/aromatic N) is 4. The molecule has 4 saturated heterocycles. The van der Waals surface area contributed by atoms with Gasteiger partial charge in [-0.05, 0) is 86.4 Å². The Kier molecular flexibility index (Phi) is 6.10. The van der Waals surface area contributed by atoms with Gasteiger partial charge >= 0.3 is 6.01 Å². The van der Waals surface area contributed by atoms with Gasteiger partial charge in [0.15, 0.2) is 0 Å². The van der Waals surface area contributed by atoms with Crippen molar-refractivity contribution in [3.63, 3.8) is 0 Å². The molecule has 2 bridgehead atoms. The Morgan fingerprint density at radius 2 is 1.85 bits per heavy atom. The molecule has 1 aromatic heterocycles. The van der Waals surface area contributed by atoms with Crippen LogP contribution in [0.5, 0.6) is 11.8 Å². The fraction of sp³-hybridized carbons (Fsp3) is 0.548. The van der Waals surface area contributed by atoms with E-state index in [2.05, 4.69) is 15.1 Å². The third kappa shape index (κ3) is 4.51. The molecule has 41 heavy (non-hydrogen) atoms. The van der Waals surface area contributed by atoms with Crippen molar-refractivity contribution in [3.8, 4) is 22.9 Å². The van der Waals surface area contributed by atoms with E-state index in [0.29, 0.717) is 64.5 Å². The van der Waals surface area contributed by atoms with Crippen LogP contribution < -0.4 is 15.0 Å². The van der Waals surface area contributed by atoms with Crippen LogP contribution in [0, 0.1) is 5.82 Å². The van der Waals surface area contributed by atoms with Crippen molar-refractivity contribution in [3.05, 3.63) is 40.7 Å². The molecule has 7 nitrogen and oxygen atoms in total. The molecule has 5 aliphatic rings. The number of phenolic OH excluding ortho intramolecular Hbond substituents is 1. The Bertz CT molecular complexity index is 1520. The zero-order valence-electron chi connectivity index (χ0n) is 22.9. The van der Waals surface area contributed by atoms with Crippen molar-refractivity contribution in [2.24, 2.45) is 0 Å². The number of fused-ring (bicyclic) bond motifs is 4. The Hall–Kier alpha value is -2.75. The van der Waals surface area contributed by atoms with Gasteiger partial charge < -0.3 is 20.1 Å². The standard InChI is InChI=1S/C31H34ClF2N5O2/c32-25-9-21(40)8-23(28(25)17-2-3-17)22-11-27-24(10-26(22)34)29(38-14-19-4-5-20(15-38)35-19)37-30(36-27)41-16-31-6-1-7-39(31)13-18(33)12-31/h8-11,17-20,35,40H,1-7,12-16H2/t18-,19-,20+,31+/m1/s1. The van der Waals surface area contributed by atoms with Crippen LogP contribution >= 0.6 is 11.6 Å². The highest BCUT2D eigenvalue weighted by Crippen LogP contribution is 2.50. The second-order valence-corrected chi connectivity index (χ2v) is 13.2. The molecule has 5 heterocycles. The molecule has 4 aliphatic heterocycles. The minimum absolute atomic E-state index is 0.000641. The number of benzene rings is 2. The van der Waals surface area contributed by atoms with E-state index in [1.165, 1.54) is 12.1 Å². The molecular weight excluding hydrogens is 548 g/mol. The van der Waals surface area contributed by atoms with E-state index in [1.807, 2.05) is 0 Å². The predicted octanol–water partition coefficient (Wildman–Crippen LogP) is 5.57. The molecule has 216 valence electrons. The molecule has 8 rings (SSSR count). The van der Waals surface area contributed by atoms with Crippen LogP contribution in [0.25, 0.3) is 22.0 Å². The van der Waals surface area contributed by atoms with Crippen LogP contribution in [0.4, 0.5) is 14.6 Å². The summed E-state index contributed by atoms with van der Waals surface area (Å²) in [5.74, 6) is 0.517. The number of hydrogen-bond donors (Lipinski definition) is 2. The van der Waals surface area contributed by atoms with Crippen molar-refractivity contribution < 1.29 is 18.6 Å². The lowest BCUT2D eigenvalue weighted by Gasteiger charge is -2.34. The first-order valence-corrected chi connectivity index (χ1v) is 15.3. The summed E-state index contributed by atoms with van der Waals surface area (Å²) in [4.78, 5) is 14.1. The summed E-state index contributed by atoms with van der Waals surface area (Å²) in [6, 6.07) is 7.35. The minimum atomic E-state index is -0.844. The number of hydrogen-bond acceptors (Lipinski definition) is 7. The number of anilines is 1. The van der Waals surface area contributed by atoms with Gasteiger partial charge in [-0.15, -0.1) is 0 Å². The molecule has 5 fully saturated rings. The number of aromatic hydroxyl groups is 1. The van der Waals surface area contributed by atoms with E-state index in [1.54, 1.807) is 12.1 Å². The summed E-state index contributed by atoms with van der Waals surface area (Å²) in [5.41, 5.74) is 2.07. The predicted molar refractivity (Wildman–Crippen MR) is 154 cm³/mol. The summed E-state index contributed by atoms with van der Waals surface area (Å²) in [5, 5.41) is 15.1. The van der Waals surface area contributed by atoms with Crippen molar-refractivity contribution in [2.45, 2.75) is 74.7 Å². The zero-order valence-corrected chi connectivity index (χ0v) is 23.6. The molecular formula is C31H34ClF2N5O2. The SMILES string of the molecule is Oc1cc(Cl)c(C2CC2)c(-c2cc3nc(OC[C@@]45CCCN4C[C@H](F)C5)nc(N4C[C@H]5CC[C@@H](C4)N5)c3cc2F)c1. The number of aromatic nitrogens is 2. The Labute approximate surface area is 242 Å². The van der Waals surface area contributed by atoms with E-state index in [4.69, 9.17) is 26.3 Å².